The van der Waals surface area contributed by atoms with E-state index in [1.807, 2.05) is 6.20 Å². The van der Waals surface area contributed by atoms with Gasteiger partial charge in [-0.05, 0) is 13.5 Å². The summed E-state index contributed by atoms with van der Waals surface area (Å²) in [6, 6.07) is 0.587. The highest BCUT2D eigenvalue weighted by molar-refractivity contribution is 5.23. The van der Waals surface area contributed by atoms with Crippen LogP contribution in [-0.4, -0.2) is 65.3 Å². The summed E-state index contributed by atoms with van der Waals surface area (Å²) in [5, 5.41) is 11.0. The Labute approximate surface area is 135 Å². The van der Waals surface area contributed by atoms with Gasteiger partial charge >= 0.3 is 0 Å². The number of aromatic nitrogens is 2. The van der Waals surface area contributed by atoms with E-state index in [4.69, 9.17) is 0 Å². The normalized spacial score (nSPS) is 19.5. The molecule has 0 saturated carbocycles. The van der Waals surface area contributed by atoms with Crippen molar-refractivity contribution >= 4 is 0 Å². The fourth-order valence-corrected chi connectivity index (χ4v) is 3.16. The third kappa shape index (κ3) is 4.54. The van der Waals surface area contributed by atoms with E-state index in [1.54, 1.807) is 0 Å². The predicted molar refractivity (Wildman–Crippen MR) is 92.1 cm³/mol. The molecule has 5 nitrogen and oxygen atoms in total. The maximum Gasteiger partial charge on any atom is 0.0535 e. The summed E-state index contributed by atoms with van der Waals surface area (Å²) in [6.45, 7) is 19.1. The molecule has 1 aromatic rings. The minimum atomic E-state index is 0.121. The Balaban J connectivity index is 1.76. The second-order valence-corrected chi connectivity index (χ2v) is 7.47. The number of likely N-dealkylation sites (N-methyl/N-ethyl adjacent to an activating group) is 1. The summed E-state index contributed by atoms with van der Waals surface area (Å²) in [5.41, 5.74) is 2.65. The highest BCUT2D eigenvalue weighted by Crippen LogP contribution is 2.23. The smallest absolute Gasteiger partial charge is 0.0535 e. The van der Waals surface area contributed by atoms with Gasteiger partial charge < -0.3 is 10.2 Å². The summed E-state index contributed by atoms with van der Waals surface area (Å²) in [6.07, 6.45) is 1.96. The van der Waals surface area contributed by atoms with Crippen LogP contribution in [0.4, 0.5) is 0 Å². The van der Waals surface area contributed by atoms with Gasteiger partial charge in [-0.25, -0.2) is 0 Å². The van der Waals surface area contributed by atoms with Crippen molar-refractivity contribution in [1.82, 2.24) is 25.3 Å². The Bertz CT molecular complexity index is 440. The molecule has 5 heteroatoms. The number of aromatic amines is 1. The average Bonchev–Trinajstić information content (AvgIpc) is 2.96. The van der Waals surface area contributed by atoms with E-state index in [1.165, 1.54) is 44.0 Å². The predicted octanol–water partition coefficient (Wildman–Crippen LogP) is 1.82. The molecule has 2 heterocycles. The minimum Gasteiger partial charge on any atom is -0.311 e. The number of H-pyrrole nitrogens is 1. The second-order valence-electron chi connectivity index (χ2n) is 7.47. The van der Waals surface area contributed by atoms with Crippen molar-refractivity contribution < 1.29 is 0 Å². The molecule has 1 aromatic heterocycles. The molecule has 126 valence electrons. The number of piperazine rings is 1. The van der Waals surface area contributed by atoms with Gasteiger partial charge in [0.1, 0.15) is 0 Å². The van der Waals surface area contributed by atoms with Crippen LogP contribution < -0.4 is 5.32 Å². The van der Waals surface area contributed by atoms with Crippen molar-refractivity contribution in [3.63, 3.8) is 0 Å². The van der Waals surface area contributed by atoms with Gasteiger partial charge in [0, 0.05) is 62.0 Å². The fourth-order valence-electron chi connectivity index (χ4n) is 3.16. The van der Waals surface area contributed by atoms with E-state index in [9.17, 15) is 0 Å². The van der Waals surface area contributed by atoms with E-state index in [0.29, 0.717) is 6.04 Å². The Morgan fingerprint density at radius 2 is 1.95 bits per heavy atom. The molecule has 2 N–H and O–H groups in total. The lowest BCUT2D eigenvalue weighted by Crippen LogP contribution is -2.51. The zero-order valence-corrected chi connectivity index (χ0v) is 14.9. The molecule has 1 aliphatic heterocycles. The maximum atomic E-state index is 4.21. The monoisotopic (exact) mass is 307 g/mol. The van der Waals surface area contributed by atoms with Crippen molar-refractivity contribution in [2.24, 2.45) is 0 Å². The molecule has 0 bridgehead atoms. The van der Waals surface area contributed by atoms with Crippen molar-refractivity contribution in [3.05, 3.63) is 17.5 Å². The number of nitrogens with one attached hydrogen (secondary N) is 2. The summed E-state index contributed by atoms with van der Waals surface area (Å²) < 4.78 is 0. The second kappa shape index (κ2) is 7.57. The standard InChI is InChI=1S/C17H33N5/c1-6-21-7-9-22(10-8-21)14(2)11-18-12-15-13-19-20-16(15)17(3,4)5/h13-14,18H,6-12H2,1-5H3,(H,19,20)/t14-/m1/s1. The van der Waals surface area contributed by atoms with Gasteiger partial charge in [0.2, 0.25) is 0 Å². The Kier molecular flexibility index (Phi) is 6.01. The van der Waals surface area contributed by atoms with Crippen LogP contribution in [0.15, 0.2) is 6.20 Å². The third-order valence-corrected chi connectivity index (χ3v) is 4.70. The van der Waals surface area contributed by atoms with Gasteiger partial charge in [-0.2, -0.15) is 5.10 Å². The van der Waals surface area contributed by atoms with Gasteiger partial charge in [-0.3, -0.25) is 10.00 Å². The molecule has 0 unspecified atom stereocenters. The summed E-state index contributed by atoms with van der Waals surface area (Å²) in [4.78, 5) is 5.12. The summed E-state index contributed by atoms with van der Waals surface area (Å²) in [5.74, 6) is 0. The lowest BCUT2D eigenvalue weighted by Gasteiger charge is -2.37. The van der Waals surface area contributed by atoms with E-state index in [2.05, 4.69) is 59.9 Å². The maximum absolute atomic E-state index is 4.21. The van der Waals surface area contributed by atoms with Crippen molar-refractivity contribution in [2.75, 3.05) is 39.3 Å². The molecular weight excluding hydrogens is 274 g/mol. The van der Waals surface area contributed by atoms with Gasteiger partial charge in [-0.15, -0.1) is 0 Å². The number of nitrogens with zero attached hydrogens (tertiary/aromatic N) is 3. The highest BCUT2D eigenvalue weighted by atomic mass is 15.3. The zero-order chi connectivity index (χ0) is 16.2. The van der Waals surface area contributed by atoms with Gasteiger partial charge in [0.15, 0.2) is 0 Å². The van der Waals surface area contributed by atoms with E-state index < -0.39 is 0 Å². The molecule has 0 radical (unpaired) electrons. The number of hydrogen-bond donors (Lipinski definition) is 2. The van der Waals surface area contributed by atoms with Crippen LogP contribution in [0.5, 0.6) is 0 Å². The number of rotatable bonds is 6. The Morgan fingerprint density at radius 3 is 2.55 bits per heavy atom. The van der Waals surface area contributed by atoms with Crippen LogP contribution in [0.2, 0.25) is 0 Å². The van der Waals surface area contributed by atoms with Crippen LogP contribution >= 0.6 is 0 Å². The number of hydrogen-bond acceptors (Lipinski definition) is 4. The van der Waals surface area contributed by atoms with Crippen molar-refractivity contribution in [2.45, 2.75) is 52.6 Å². The first-order chi connectivity index (χ1) is 10.4. The van der Waals surface area contributed by atoms with Crippen molar-refractivity contribution in [3.8, 4) is 0 Å². The molecule has 1 saturated heterocycles. The Morgan fingerprint density at radius 1 is 1.27 bits per heavy atom. The highest BCUT2D eigenvalue weighted by Gasteiger charge is 2.21. The minimum absolute atomic E-state index is 0.121. The van der Waals surface area contributed by atoms with Crippen LogP contribution in [0.1, 0.15) is 45.9 Å². The lowest BCUT2D eigenvalue weighted by molar-refractivity contribution is 0.105. The van der Waals surface area contributed by atoms with Gasteiger partial charge in [-0.1, -0.05) is 27.7 Å². The molecule has 1 fully saturated rings. The van der Waals surface area contributed by atoms with E-state index in [-0.39, 0.29) is 5.41 Å². The van der Waals surface area contributed by atoms with Crippen molar-refractivity contribution in [1.29, 1.82) is 0 Å². The third-order valence-electron chi connectivity index (χ3n) is 4.70. The average molecular weight is 307 g/mol. The largest absolute Gasteiger partial charge is 0.311 e. The summed E-state index contributed by atoms with van der Waals surface area (Å²) >= 11 is 0. The first-order valence-electron chi connectivity index (χ1n) is 8.61. The molecule has 1 aliphatic rings. The first-order valence-corrected chi connectivity index (χ1v) is 8.61. The first kappa shape index (κ1) is 17.4. The molecule has 0 amide bonds. The Hall–Kier alpha value is -0.910. The molecule has 22 heavy (non-hydrogen) atoms. The van der Waals surface area contributed by atoms with Crippen LogP contribution in [0, 0.1) is 0 Å². The molecule has 0 aromatic carbocycles. The summed E-state index contributed by atoms with van der Waals surface area (Å²) in [7, 11) is 0. The van der Waals surface area contributed by atoms with E-state index in [0.717, 1.165) is 13.1 Å². The molecule has 1 atom stereocenters. The molecule has 0 spiro atoms. The molecule has 2 rings (SSSR count). The van der Waals surface area contributed by atoms with Gasteiger partial charge in [0.25, 0.3) is 0 Å². The van der Waals surface area contributed by atoms with Crippen LogP contribution in [0.25, 0.3) is 0 Å². The van der Waals surface area contributed by atoms with Crippen LogP contribution in [-0.2, 0) is 12.0 Å². The van der Waals surface area contributed by atoms with Crippen LogP contribution in [0.3, 0.4) is 0 Å². The fraction of sp³-hybridized carbons (Fsp3) is 0.824. The zero-order valence-electron chi connectivity index (χ0n) is 14.9. The van der Waals surface area contributed by atoms with E-state index >= 15 is 0 Å². The van der Waals surface area contributed by atoms with Gasteiger partial charge in [0.05, 0.1) is 6.20 Å². The SMILES string of the molecule is CCN1CCN([C@H](C)CNCc2cn[nH]c2C(C)(C)C)CC1. The quantitative estimate of drug-likeness (QED) is 0.842. The lowest BCUT2D eigenvalue weighted by atomic mass is 9.89. The topological polar surface area (TPSA) is 47.2 Å². The molecular formula is C17H33N5. The molecule has 0 aliphatic carbocycles.